The van der Waals surface area contributed by atoms with Gasteiger partial charge < -0.3 is 25.0 Å². The Hall–Kier alpha value is -2.28. The van der Waals surface area contributed by atoms with Gasteiger partial charge in [-0.25, -0.2) is 4.79 Å². The highest BCUT2D eigenvalue weighted by Gasteiger charge is 2.51. The number of anilines is 1. The normalized spacial score (nSPS) is 27.0. The third-order valence-corrected chi connectivity index (χ3v) is 4.47. The summed E-state index contributed by atoms with van der Waals surface area (Å²) in [5, 5.41) is 12.8. The minimum Gasteiger partial charge on any atom is -0.495 e. The van der Waals surface area contributed by atoms with Crippen molar-refractivity contribution >= 4 is 17.6 Å². The van der Waals surface area contributed by atoms with E-state index in [1.54, 1.807) is 31.2 Å². The molecule has 0 aromatic heterocycles. The minimum atomic E-state index is -1.01. The molecule has 1 aromatic carbocycles. The molecule has 2 aliphatic rings. The SMILES string of the molecule is COc1ccccc1NC(=O)N1C[C@@H]2[C@H](O)C(=O)N(C)[C@@H]2C1. The molecule has 1 aromatic rings. The molecule has 3 atom stereocenters. The summed E-state index contributed by atoms with van der Waals surface area (Å²) in [6, 6.07) is 6.79. The van der Waals surface area contributed by atoms with E-state index in [0.717, 1.165) is 0 Å². The average molecular weight is 305 g/mol. The van der Waals surface area contributed by atoms with Crippen molar-refractivity contribution in [2.45, 2.75) is 12.1 Å². The Morgan fingerprint density at radius 2 is 2.09 bits per heavy atom. The lowest BCUT2D eigenvalue weighted by Gasteiger charge is -2.22. The van der Waals surface area contributed by atoms with Crippen LogP contribution in [0.25, 0.3) is 0 Å². The second-order valence-corrected chi connectivity index (χ2v) is 5.66. The van der Waals surface area contributed by atoms with E-state index in [9.17, 15) is 14.7 Å². The van der Waals surface area contributed by atoms with E-state index in [1.807, 2.05) is 12.1 Å². The molecular formula is C15H19N3O4. The van der Waals surface area contributed by atoms with Crippen LogP contribution < -0.4 is 10.1 Å². The molecule has 2 N–H and O–H groups in total. The molecule has 2 heterocycles. The lowest BCUT2D eigenvalue weighted by Crippen LogP contribution is -2.40. The van der Waals surface area contributed by atoms with Crippen LogP contribution in [0.4, 0.5) is 10.5 Å². The van der Waals surface area contributed by atoms with E-state index in [0.29, 0.717) is 24.5 Å². The number of urea groups is 1. The number of aliphatic hydroxyl groups excluding tert-OH is 1. The lowest BCUT2D eigenvalue weighted by molar-refractivity contribution is -0.135. The number of para-hydroxylation sites is 2. The fraction of sp³-hybridized carbons (Fsp3) is 0.467. The number of hydrogen-bond donors (Lipinski definition) is 2. The van der Waals surface area contributed by atoms with Crippen LogP contribution in [0.5, 0.6) is 5.75 Å². The van der Waals surface area contributed by atoms with Crippen LogP contribution in [0.15, 0.2) is 24.3 Å². The second-order valence-electron chi connectivity index (χ2n) is 5.66. The predicted octanol–water partition coefficient (Wildman–Crippen LogP) is 0.360. The summed E-state index contributed by atoms with van der Waals surface area (Å²) in [5.41, 5.74) is 0.594. The van der Waals surface area contributed by atoms with E-state index in [1.165, 1.54) is 4.90 Å². The smallest absolute Gasteiger partial charge is 0.322 e. The first-order valence-corrected chi connectivity index (χ1v) is 7.16. The summed E-state index contributed by atoms with van der Waals surface area (Å²) < 4.78 is 5.21. The van der Waals surface area contributed by atoms with Crippen molar-refractivity contribution in [3.8, 4) is 5.75 Å². The molecule has 7 nitrogen and oxygen atoms in total. The Morgan fingerprint density at radius 1 is 1.36 bits per heavy atom. The molecule has 3 amide bonds. The van der Waals surface area contributed by atoms with Crippen LogP contribution in [-0.4, -0.2) is 66.2 Å². The van der Waals surface area contributed by atoms with Crippen LogP contribution in [0.2, 0.25) is 0 Å². The van der Waals surface area contributed by atoms with Gasteiger partial charge in [0.2, 0.25) is 0 Å². The zero-order valence-electron chi connectivity index (χ0n) is 12.5. The largest absolute Gasteiger partial charge is 0.495 e. The van der Waals surface area contributed by atoms with Crippen molar-refractivity contribution < 1.29 is 19.4 Å². The summed E-state index contributed by atoms with van der Waals surface area (Å²) in [6.45, 7) is 0.786. The first kappa shape index (κ1) is 14.6. The second kappa shape index (κ2) is 5.49. The fourth-order valence-electron chi connectivity index (χ4n) is 3.20. The Morgan fingerprint density at radius 3 is 2.77 bits per heavy atom. The fourth-order valence-corrected chi connectivity index (χ4v) is 3.20. The van der Waals surface area contributed by atoms with Crippen molar-refractivity contribution in [1.29, 1.82) is 0 Å². The van der Waals surface area contributed by atoms with E-state index in [2.05, 4.69) is 5.32 Å². The molecule has 0 bridgehead atoms. The number of benzene rings is 1. The van der Waals surface area contributed by atoms with Crippen LogP contribution >= 0.6 is 0 Å². The summed E-state index contributed by atoms with van der Waals surface area (Å²) in [6.07, 6.45) is -1.01. The molecule has 0 unspecified atom stereocenters. The Balaban J connectivity index is 1.69. The van der Waals surface area contributed by atoms with Gasteiger partial charge in [0.1, 0.15) is 11.9 Å². The van der Waals surface area contributed by atoms with E-state index in [-0.39, 0.29) is 23.9 Å². The summed E-state index contributed by atoms with van der Waals surface area (Å²) >= 11 is 0. The molecule has 7 heteroatoms. The van der Waals surface area contributed by atoms with Gasteiger partial charge in [-0.15, -0.1) is 0 Å². The topological polar surface area (TPSA) is 82.1 Å². The van der Waals surface area contributed by atoms with Gasteiger partial charge in [0, 0.05) is 26.1 Å². The van der Waals surface area contributed by atoms with E-state index in [4.69, 9.17) is 4.74 Å². The van der Waals surface area contributed by atoms with Crippen LogP contribution in [0.3, 0.4) is 0 Å². The van der Waals surface area contributed by atoms with Crippen molar-refractivity contribution in [3.63, 3.8) is 0 Å². The average Bonchev–Trinajstić information content (AvgIpc) is 3.05. The summed E-state index contributed by atoms with van der Waals surface area (Å²) in [5.74, 6) is 0.100. The van der Waals surface area contributed by atoms with E-state index >= 15 is 0 Å². The van der Waals surface area contributed by atoms with Gasteiger partial charge in [0.25, 0.3) is 5.91 Å². The number of carbonyl (C=O) groups is 2. The summed E-state index contributed by atoms with van der Waals surface area (Å²) in [7, 11) is 3.21. The zero-order valence-corrected chi connectivity index (χ0v) is 12.5. The van der Waals surface area contributed by atoms with Gasteiger partial charge >= 0.3 is 6.03 Å². The Bertz CT molecular complexity index is 586. The van der Waals surface area contributed by atoms with Crippen LogP contribution in [0, 0.1) is 5.92 Å². The number of nitrogens with one attached hydrogen (secondary N) is 1. The van der Waals surface area contributed by atoms with Crippen molar-refractivity contribution in [2.75, 3.05) is 32.6 Å². The number of nitrogens with zero attached hydrogens (tertiary/aromatic N) is 2. The van der Waals surface area contributed by atoms with Crippen molar-refractivity contribution in [1.82, 2.24) is 9.80 Å². The molecule has 0 spiro atoms. The maximum absolute atomic E-state index is 12.4. The van der Waals surface area contributed by atoms with Gasteiger partial charge in [-0.3, -0.25) is 4.79 Å². The van der Waals surface area contributed by atoms with E-state index < -0.39 is 6.10 Å². The van der Waals surface area contributed by atoms with Crippen LogP contribution in [0.1, 0.15) is 0 Å². The zero-order chi connectivity index (χ0) is 15.9. The molecule has 3 rings (SSSR count). The number of fused-ring (bicyclic) bond motifs is 1. The van der Waals surface area contributed by atoms with Gasteiger partial charge in [-0.05, 0) is 12.1 Å². The lowest BCUT2D eigenvalue weighted by atomic mass is 10.0. The third-order valence-electron chi connectivity index (χ3n) is 4.47. The number of ether oxygens (including phenoxy) is 1. The first-order valence-electron chi connectivity index (χ1n) is 7.16. The minimum absolute atomic E-state index is 0.120. The number of methoxy groups -OCH3 is 1. The number of carbonyl (C=O) groups excluding carboxylic acids is 2. The van der Waals surface area contributed by atoms with Gasteiger partial charge in [-0.1, -0.05) is 12.1 Å². The number of amides is 3. The van der Waals surface area contributed by atoms with Gasteiger partial charge in [-0.2, -0.15) is 0 Å². The van der Waals surface area contributed by atoms with Crippen LogP contribution in [-0.2, 0) is 4.79 Å². The standard InChI is InChI=1S/C15H19N3O4/c1-17-11-8-18(7-9(11)13(19)14(17)20)15(21)16-10-5-3-4-6-12(10)22-2/h3-6,9,11,13,19H,7-8H2,1-2H3,(H,16,21)/t9-,11+,13-/m0/s1. The number of likely N-dealkylation sites (N-methyl/N-ethyl adjacent to an activating group) is 1. The maximum Gasteiger partial charge on any atom is 0.322 e. The highest BCUT2D eigenvalue weighted by Crippen LogP contribution is 2.32. The number of likely N-dealkylation sites (tertiary alicyclic amines) is 2. The maximum atomic E-state index is 12.4. The molecule has 2 aliphatic heterocycles. The Kier molecular flexibility index (Phi) is 3.66. The molecular weight excluding hydrogens is 286 g/mol. The molecule has 22 heavy (non-hydrogen) atoms. The number of hydrogen-bond acceptors (Lipinski definition) is 4. The number of rotatable bonds is 2. The highest BCUT2D eigenvalue weighted by atomic mass is 16.5. The third kappa shape index (κ3) is 2.27. The Labute approximate surface area is 128 Å². The monoisotopic (exact) mass is 305 g/mol. The molecule has 0 radical (unpaired) electrons. The van der Waals surface area contributed by atoms with Crippen molar-refractivity contribution in [2.24, 2.45) is 5.92 Å². The van der Waals surface area contributed by atoms with Gasteiger partial charge in [0.15, 0.2) is 0 Å². The molecule has 118 valence electrons. The number of aliphatic hydroxyl groups is 1. The quantitative estimate of drug-likeness (QED) is 0.826. The first-order chi connectivity index (χ1) is 10.5. The van der Waals surface area contributed by atoms with Crippen molar-refractivity contribution in [3.05, 3.63) is 24.3 Å². The molecule has 2 fully saturated rings. The molecule has 0 aliphatic carbocycles. The molecule has 2 saturated heterocycles. The summed E-state index contributed by atoms with van der Waals surface area (Å²) in [4.78, 5) is 27.2. The van der Waals surface area contributed by atoms with Gasteiger partial charge in [0.05, 0.1) is 18.8 Å². The molecule has 0 saturated carbocycles. The predicted molar refractivity (Wildman–Crippen MR) is 79.6 cm³/mol. The highest BCUT2D eigenvalue weighted by molar-refractivity contribution is 5.92.